The number of carbonyl (C=O) groups is 2. The van der Waals surface area contributed by atoms with E-state index in [9.17, 15) is 9.59 Å². The molecule has 0 bridgehead atoms. The Kier molecular flexibility index (Phi) is 5.46. The van der Waals surface area contributed by atoms with Gasteiger partial charge in [-0.1, -0.05) is 6.07 Å². The molecule has 2 fully saturated rings. The van der Waals surface area contributed by atoms with Crippen molar-refractivity contribution in [3.63, 3.8) is 0 Å². The highest BCUT2D eigenvalue weighted by atomic mass is 16.6. The number of nitrogens with one attached hydrogen (secondary N) is 2. The summed E-state index contributed by atoms with van der Waals surface area (Å²) in [5.74, 6) is 0.903. The Morgan fingerprint density at radius 3 is 2.65 bits per heavy atom. The Morgan fingerprint density at radius 1 is 1.27 bits per heavy atom. The van der Waals surface area contributed by atoms with Crippen LogP contribution < -0.4 is 10.6 Å². The van der Waals surface area contributed by atoms with Gasteiger partial charge in [-0.05, 0) is 51.7 Å². The van der Waals surface area contributed by atoms with E-state index in [1.54, 1.807) is 0 Å². The summed E-state index contributed by atoms with van der Waals surface area (Å²) >= 11 is 0. The van der Waals surface area contributed by atoms with E-state index in [2.05, 4.69) is 15.6 Å². The summed E-state index contributed by atoms with van der Waals surface area (Å²) in [4.78, 5) is 28.5. The summed E-state index contributed by atoms with van der Waals surface area (Å²) in [6.07, 6.45) is 2.32. The lowest BCUT2D eigenvalue weighted by Crippen LogP contribution is -2.32. The number of rotatable bonds is 5. The lowest BCUT2D eigenvalue weighted by molar-refractivity contribution is -0.117. The highest BCUT2D eigenvalue weighted by Gasteiger charge is 2.30. The third-order valence-electron chi connectivity index (χ3n) is 4.38. The van der Waals surface area contributed by atoms with Crippen LogP contribution in [-0.2, 0) is 20.8 Å². The van der Waals surface area contributed by atoms with Gasteiger partial charge in [0, 0.05) is 18.4 Å². The maximum atomic E-state index is 12.0. The average Bonchev–Trinajstić information content (AvgIpc) is 3.27. The van der Waals surface area contributed by atoms with Crippen LogP contribution in [0.1, 0.15) is 57.2 Å². The zero-order valence-electron chi connectivity index (χ0n) is 15.6. The molecule has 142 valence electrons. The zero-order valence-corrected chi connectivity index (χ0v) is 15.6. The second-order valence-electron chi connectivity index (χ2n) is 7.91. The molecule has 7 heteroatoms. The quantitative estimate of drug-likeness (QED) is 0.842. The number of ether oxygens (including phenoxy) is 2. The minimum Gasteiger partial charge on any atom is -0.444 e. The average molecular weight is 361 g/mol. The molecule has 0 spiro atoms. The minimum atomic E-state index is -0.556. The predicted octanol–water partition coefficient (Wildman–Crippen LogP) is 2.96. The summed E-state index contributed by atoms with van der Waals surface area (Å²) in [5, 5.41) is 5.62. The van der Waals surface area contributed by atoms with Crippen LogP contribution in [0.25, 0.3) is 0 Å². The second kappa shape index (κ2) is 7.61. The SMILES string of the molecule is CC(C)(C)OC(=O)NCc1nc(NC(=O)C2CC2)ccc1C1CCOC1. The van der Waals surface area contributed by atoms with Gasteiger partial charge in [-0.15, -0.1) is 0 Å². The molecule has 0 radical (unpaired) electrons. The van der Waals surface area contributed by atoms with E-state index >= 15 is 0 Å². The molecular formula is C19H27N3O4. The Bertz CT molecular complexity index is 674. The number of hydrogen-bond donors (Lipinski definition) is 2. The first-order chi connectivity index (χ1) is 12.3. The Hall–Kier alpha value is -2.15. The van der Waals surface area contributed by atoms with Crippen LogP contribution in [0.5, 0.6) is 0 Å². The monoisotopic (exact) mass is 361 g/mol. The summed E-state index contributed by atoms with van der Waals surface area (Å²) in [5.41, 5.74) is 1.22. The van der Waals surface area contributed by atoms with E-state index in [1.165, 1.54) is 0 Å². The maximum absolute atomic E-state index is 12.0. The lowest BCUT2D eigenvalue weighted by atomic mass is 9.96. The van der Waals surface area contributed by atoms with Gasteiger partial charge >= 0.3 is 6.09 Å². The molecule has 2 aliphatic rings. The van der Waals surface area contributed by atoms with E-state index in [0.717, 1.165) is 37.1 Å². The van der Waals surface area contributed by atoms with Crippen LogP contribution in [0.4, 0.5) is 10.6 Å². The first kappa shape index (κ1) is 18.6. The summed E-state index contributed by atoms with van der Waals surface area (Å²) in [6, 6.07) is 3.80. The number of alkyl carbamates (subject to hydrolysis) is 1. The fourth-order valence-corrected chi connectivity index (χ4v) is 2.92. The number of hydrogen-bond acceptors (Lipinski definition) is 5. The molecule has 7 nitrogen and oxygen atoms in total. The van der Waals surface area contributed by atoms with Crippen molar-refractivity contribution >= 4 is 17.8 Å². The molecule has 1 saturated heterocycles. The van der Waals surface area contributed by atoms with Crippen LogP contribution >= 0.6 is 0 Å². The van der Waals surface area contributed by atoms with Crippen LogP contribution in [0.2, 0.25) is 0 Å². The van der Waals surface area contributed by atoms with Crippen molar-refractivity contribution in [2.75, 3.05) is 18.5 Å². The van der Waals surface area contributed by atoms with E-state index in [0.29, 0.717) is 12.4 Å². The van der Waals surface area contributed by atoms with Gasteiger partial charge in [-0.2, -0.15) is 0 Å². The minimum absolute atomic E-state index is 0.0144. The molecule has 1 atom stereocenters. The van der Waals surface area contributed by atoms with Crippen molar-refractivity contribution in [2.24, 2.45) is 5.92 Å². The molecule has 1 aromatic rings. The van der Waals surface area contributed by atoms with E-state index in [4.69, 9.17) is 9.47 Å². The number of pyridine rings is 1. The molecule has 2 amide bonds. The van der Waals surface area contributed by atoms with Crippen molar-refractivity contribution in [1.82, 2.24) is 10.3 Å². The van der Waals surface area contributed by atoms with Crippen LogP contribution in [0, 0.1) is 5.92 Å². The number of nitrogens with zero attached hydrogens (tertiary/aromatic N) is 1. The van der Waals surface area contributed by atoms with Gasteiger partial charge in [0.15, 0.2) is 0 Å². The third kappa shape index (κ3) is 5.17. The summed E-state index contributed by atoms with van der Waals surface area (Å²) in [7, 11) is 0. The molecule has 3 rings (SSSR count). The topological polar surface area (TPSA) is 89.5 Å². The molecular weight excluding hydrogens is 334 g/mol. The number of amides is 2. The predicted molar refractivity (Wildman–Crippen MR) is 96.8 cm³/mol. The largest absolute Gasteiger partial charge is 0.444 e. The van der Waals surface area contributed by atoms with Crippen LogP contribution in [0.3, 0.4) is 0 Å². The normalized spacial score (nSPS) is 19.9. The highest BCUT2D eigenvalue weighted by Crippen LogP contribution is 2.31. The van der Waals surface area contributed by atoms with Gasteiger partial charge in [0.05, 0.1) is 18.8 Å². The van der Waals surface area contributed by atoms with Crippen molar-refractivity contribution < 1.29 is 19.1 Å². The van der Waals surface area contributed by atoms with Gasteiger partial charge in [0.25, 0.3) is 0 Å². The zero-order chi connectivity index (χ0) is 18.7. The van der Waals surface area contributed by atoms with E-state index < -0.39 is 11.7 Å². The number of aromatic nitrogens is 1. The maximum Gasteiger partial charge on any atom is 0.407 e. The van der Waals surface area contributed by atoms with Gasteiger partial charge in [-0.25, -0.2) is 9.78 Å². The van der Waals surface area contributed by atoms with Gasteiger partial charge in [0.1, 0.15) is 11.4 Å². The molecule has 0 aromatic carbocycles. The van der Waals surface area contributed by atoms with Crippen LogP contribution in [-0.4, -0.2) is 35.8 Å². The van der Waals surface area contributed by atoms with Gasteiger partial charge in [-0.3, -0.25) is 4.79 Å². The van der Waals surface area contributed by atoms with Gasteiger partial charge < -0.3 is 20.1 Å². The van der Waals surface area contributed by atoms with Gasteiger partial charge in [0.2, 0.25) is 5.91 Å². The van der Waals surface area contributed by atoms with Crippen molar-refractivity contribution in [3.05, 3.63) is 23.4 Å². The molecule has 1 aliphatic heterocycles. The molecule has 26 heavy (non-hydrogen) atoms. The van der Waals surface area contributed by atoms with Crippen molar-refractivity contribution in [3.8, 4) is 0 Å². The second-order valence-corrected chi connectivity index (χ2v) is 7.91. The van der Waals surface area contributed by atoms with E-state index in [-0.39, 0.29) is 24.3 Å². The Labute approximate surface area is 153 Å². The summed E-state index contributed by atoms with van der Waals surface area (Å²) in [6.45, 7) is 7.08. The number of carbonyl (C=O) groups excluding carboxylic acids is 2. The third-order valence-corrected chi connectivity index (χ3v) is 4.38. The summed E-state index contributed by atoms with van der Waals surface area (Å²) < 4.78 is 10.8. The first-order valence-corrected chi connectivity index (χ1v) is 9.17. The molecule has 2 heterocycles. The lowest BCUT2D eigenvalue weighted by Gasteiger charge is -2.20. The molecule has 1 aliphatic carbocycles. The molecule has 1 aromatic heterocycles. The molecule has 2 N–H and O–H groups in total. The number of anilines is 1. The fourth-order valence-electron chi connectivity index (χ4n) is 2.92. The smallest absolute Gasteiger partial charge is 0.407 e. The van der Waals surface area contributed by atoms with Crippen LogP contribution in [0.15, 0.2) is 12.1 Å². The van der Waals surface area contributed by atoms with Crippen molar-refractivity contribution in [2.45, 2.75) is 58.1 Å². The van der Waals surface area contributed by atoms with Crippen molar-refractivity contribution in [1.29, 1.82) is 0 Å². The Balaban J connectivity index is 1.72. The Morgan fingerprint density at radius 2 is 2.04 bits per heavy atom. The highest BCUT2D eigenvalue weighted by molar-refractivity contribution is 5.93. The fraction of sp³-hybridized carbons (Fsp3) is 0.632. The van der Waals surface area contributed by atoms with E-state index in [1.807, 2.05) is 32.9 Å². The standard InChI is InChI=1S/C19H27N3O4/c1-19(2,3)26-18(24)20-10-15-14(13-8-9-25-11-13)6-7-16(21-15)22-17(23)12-4-5-12/h6-7,12-13H,4-5,8-11H2,1-3H3,(H,20,24)(H,21,22,23). The molecule has 1 saturated carbocycles. The molecule has 1 unspecified atom stereocenters. The first-order valence-electron chi connectivity index (χ1n) is 9.17.